The first-order valence-corrected chi connectivity index (χ1v) is 7.18. The minimum Gasteiger partial charge on any atom is -0.496 e. The number of nitrogens with one attached hydrogen (secondary N) is 1. The lowest BCUT2D eigenvalue weighted by atomic mass is 10.1. The van der Waals surface area contributed by atoms with Crippen molar-refractivity contribution in [1.82, 2.24) is 5.16 Å². The molecule has 0 aliphatic carbocycles. The maximum Gasteiger partial charge on any atom is 0.231 e. The molecule has 0 unspecified atom stereocenters. The van der Waals surface area contributed by atoms with Gasteiger partial charge in [0.1, 0.15) is 5.75 Å². The predicted molar refractivity (Wildman–Crippen MR) is 84.1 cm³/mol. The van der Waals surface area contributed by atoms with Crippen LogP contribution in [0.3, 0.4) is 0 Å². The Labute approximate surface area is 133 Å². The molecule has 23 heavy (non-hydrogen) atoms. The van der Waals surface area contributed by atoms with Gasteiger partial charge in [0.25, 0.3) is 0 Å². The molecule has 0 atom stereocenters. The zero-order valence-electron chi connectivity index (χ0n) is 12.6. The Hall–Kier alpha value is -3.02. The van der Waals surface area contributed by atoms with Crippen molar-refractivity contribution in [2.75, 3.05) is 12.4 Å². The zero-order chi connectivity index (χ0) is 16.1. The Balaban J connectivity index is 1.57. The van der Waals surface area contributed by atoms with Crippen LogP contribution in [0.15, 0.2) is 57.7 Å². The largest absolute Gasteiger partial charge is 0.496 e. The van der Waals surface area contributed by atoms with Crippen molar-refractivity contribution in [3.05, 3.63) is 54.3 Å². The quantitative estimate of drug-likeness (QED) is 0.753. The van der Waals surface area contributed by atoms with Crippen LogP contribution < -0.4 is 10.1 Å². The first-order chi connectivity index (χ1) is 11.3. The second kappa shape index (κ2) is 6.83. The van der Waals surface area contributed by atoms with Crippen molar-refractivity contribution in [3.8, 4) is 17.2 Å². The van der Waals surface area contributed by atoms with Crippen molar-refractivity contribution in [1.29, 1.82) is 0 Å². The van der Waals surface area contributed by atoms with Crippen molar-refractivity contribution in [2.45, 2.75) is 12.8 Å². The predicted octanol–water partition coefficient (Wildman–Crippen LogP) is 3.51. The second-order valence-corrected chi connectivity index (χ2v) is 4.91. The Kier molecular flexibility index (Phi) is 4.42. The average molecular weight is 312 g/mol. The van der Waals surface area contributed by atoms with Crippen LogP contribution in [0.5, 0.6) is 5.75 Å². The highest BCUT2D eigenvalue weighted by molar-refractivity contribution is 5.89. The van der Waals surface area contributed by atoms with Crippen LogP contribution in [-0.4, -0.2) is 18.2 Å². The summed E-state index contributed by atoms with van der Waals surface area (Å²) < 4.78 is 15.6. The smallest absolute Gasteiger partial charge is 0.231 e. The maximum atomic E-state index is 12.0. The van der Waals surface area contributed by atoms with Gasteiger partial charge in [0.2, 0.25) is 11.8 Å². The van der Waals surface area contributed by atoms with Gasteiger partial charge in [-0.1, -0.05) is 23.4 Å². The monoisotopic (exact) mass is 312 g/mol. The minimum absolute atomic E-state index is 0.155. The lowest BCUT2D eigenvalue weighted by Gasteiger charge is -2.07. The van der Waals surface area contributed by atoms with E-state index in [9.17, 15) is 4.79 Å². The van der Waals surface area contributed by atoms with E-state index in [4.69, 9.17) is 13.7 Å². The van der Waals surface area contributed by atoms with Gasteiger partial charge in [-0.25, -0.2) is 0 Å². The van der Waals surface area contributed by atoms with E-state index in [1.54, 1.807) is 31.6 Å². The molecule has 1 aromatic carbocycles. The third-order valence-corrected chi connectivity index (χ3v) is 3.36. The molecular formula is C17H16N2O4. The topological polar surface area (TPSA) is 77.5 Å². The third kappa shape index (κ3) is 3.60. The number of anilines is 1. The summed E-state index contributed by atoms with van der Waals surface area (Å²) in [7, 11) is 1.61. The molecule has 2 aromatic heterocycles. The number of carbonyl (C=O) groups is 1. The molecule has 0 spiro atoms. The summed E-state index contributed by atoms with van der Waals surface area (Å²) in [4.78, 5) is 12.0. The minimum atomic E-state index is -0.155. The van der Waals surface area contributed by atoms with Gasteiger partial charge < -0.3 is 13.7 Å². The number of para-hydroxylation sites is 1. The van der Waals surface area contributed by atoms with Gasteiger partial charge in [0.15, 0.2) is 11.5 Å². The molecule has 0 saturated heterocycles. The number of amides is 1. The molecule has 118 valence electrons. The number of benzene rings is 1. The molecule has 6 nitrogen and oxygen atoms in total. The van der Waals surface area contributed by atoms with Crippen molar-refractivity contribution in [3.63, 3.8) is 0 Å². The average Bonchev–Trinajstić information content (AvgIpc) is 3.24. The molecular weight excluding hydrogens is 296 g/mol. The van der Waals surface area contributed by atoms with Crippen LogP contribution in [0.25, 0.3) is 11.5 Å². The number of methoxy groups -OCH3 is 1. The number of aromatic nitrogens is 1. The van der Waals surface area contributed by atoms with Crippen molar-refractivity contribution in [2.24, 2.45) is 0 Å². The molecule has 0 bridgehead atoms. The van der Waals surface area contributed by atoms with Crippen molar-refractivity contribution >= 4 is 11.8 Å². The van der Waals surface area contributed by atoms with Crippen LogP contribution in [-0.2, 0) is 11.2 Å². The summed E-state index contributed by atoms with van der Waals surface area (Å²) in [5, 5.41) is 6.54. The Morgan fingerprint density at radius 2 is 2.13 bits per heavy atom. The SMILES string of the molecule is COc1ccccc1CCC(=O)Nc1cc(-c2ccco2)no1. The number of aryl methyl sites for hydroxylation is 1. The summed E-state index contributed by atoms with van der Waals surface area (Å²) in [6.45, 7) is 0. The number of rotatable bonds is 6. The van der Waals surface area contributed by atoms with Crippen LogP contribution in [0.4, 0.5) is 5.88 Å². The summed E-state index contributed by atoms with van der Waals surface area (Å²) in [6, 6.07) is 12.8. The van der Waals surface area contributed by atoms with Crippen LogP contribution in [0.2, 0.25) is 0 Å². The number of carbonyl (C=O) groups excluding carboxylic acids is 1. The lowest BCUT2D eigenvalue weighted by Crippen LogP contribution is -2.12. The molecule has 1 N–H and O–H groups in total. The zero-order valence-corrected chi connectivity index (χ0v) is 12.6. The maximum absolute atomic E-state index is 12.0. The van der Waals surface area contributed by atoms with E-state index in [0.717, 1.165) is 11.3 Å². The fraction of sp³-hybridized carbons (Fsp3) is 0.176. The van der Waals surface area contributed by atoms with Gasteiger partial charge in [0.05, 0.1) is 13.4 Å². The van der Waals surface area contributed by atoms with E-state index in [1.807, 2.05) is 24.3 Å². The van der Waals surface area contributed by atoms with Crippen LogP contribution >= 0.6 is 0 Å². The van der Waals surface area contributed by atoms with Crippen molar-refractivity contribution < 1.29 is 18.5 Å². The number of nitrogens with zero attached hydrogens (tertiary/aromatic N) is 1. The number of hydrogen-bond acceptors (Lipinski definition) is 5. The molecule has 0 radical (unpaired) electrons. The summed E-state index contributed by atoms with van der Waals surface area (Å²) in [6.07, 6.45) is 2.45. The highest BCUT2D eigenvalue weighted by Crippen LogP contribution is 2.22. The van der Waals surface area contributed by atoms with E-state index < -0.39 is 0 Å². The van der Waals surface area contributed by atoms with Crippen LogP contribution in [0, 0.1) is 0 Å². The lowest BCUT2D eigenvalue weighted by molar-refractivity contribution is -0.116. The van der Waals surface area contributed by atoms with E-state index in [2.05, 4.69) is 10.5 Å². The van der Waals surface area contributed by atoms with Gasteiger partial charge >= 0.3 is 0 Å². The fourth-order valence-electron chi connectivity index (χ4n) is 2.23. The van der Waals surface area contributed by atoms with Gasteiger partial charge in [-0.15, -0.1) is 0 Å². The summed E-state index contributed by atoms with van der Waals surface area (Å²) in [5.74, 6) is 1.50. The second-order valence-electron chi connectivity index (χ2n) is 4.91. The number of furan rings is 1. The molecule has 2 heterocycles. The molecule has 0 saturated carbocycles. The molecule has 0 fully saturated rings. The van der Waals surface area contributed by atoms with Gasteiger partial charge in [-0.05, 0) is 30.2 Å². The fourth-order valence-corrected chi connectivity index (χ4v) is 2.23. The van der Waals surface area contributed by atoms with Gasteiger partial charge in [0, 0.05) is 12.5 Å². The Bertz CT molecular complexity index is 778. The highest BCUT2D eigenvalue weighted by Gasteiger charge is 2.12. The highest BCUT2D eigenvalue weighted by atomic mass is 16.5. The normalized spacial score (nSPS) is 10.5. The summed E-state index contributed by atoms with van der Waals surface area (Å²) >= 11 is 0. The van der Waals surface area contributed by atoms with Crippen LogP contribution in [0.1, 0.15) is 12.0 Å². The molecule has 3 aromatic rings. The molecule has 0 aliphatic heterocycles. The van der Waals surface area contributed by atoms with Gasteiger partial charge in [-0.2, -0.15) is 0 Å². The number of ether oxygens (including phenoxy) is 1. The molecule has 0 aliphatic rings. The van der Waals surface area contributed by atoms with E-state index in [1.165, 1.54) is 0 Å². The molecule has 6 heteroatoms. The molecule has 3 rings (SSSR count). The standard InChI is InChI=1S/C17H16N2O4/c1-21-14-6-3-2-5-12(14)8-9-16(20)18-17-11-13(19-23-17)15-7-4-10-22-15/h2-7,10-11H,8-9H2,1H3,(H,18,20). The third-order valence-electron chi connectivity index (χ3n) is 3.36. The summed E-state index contributed by atoms with van der Waals surface area (Å²) in [5.41, 5.74) is 1.52. The van der Waals surface area contributed by atoms with E-state index in [-0.39, 0.29) is 5.91 Å². The molecule has 1 amide bonds. The van der Waals surface area contributed by atoms with E-state index in [0.29, 0.717) is 30.2 Å². The first kappa shape index (κ1) is 14.9. The Morgan fingerprint density at radius 1 is 1.26 bits per heavy atom. The Morgan fingerprint density at radius 3 is 2.91 bits per heavy atom. The number of hydrogen-bond donors (Lipinski definition) is 1. The van der Waals surface area contributed by atoms with Gasteiger partial charge in [-0.3, -0.25) is 10.1 Å². The van der Waals surface area contributed by atoms with E-state index >= 15 is 0 Å². The first-order valence-electron chi connectivity index (χ1n) is 7.18.